The first-order valence-electron chi connectivity index (χ1n) is 4.00. The summed E-state index contributed by atoms with van der Waals surface area (Å²) in [7, 11) is -0.508. The van der Waals surface area contributed by atoms with Crippen molar-refractivity contribution in [3.63, 3.8) is 0 Å². The third kappa shape index (κ3) is 4.22. The molecule has 0 aliphatic rings. The summed E-state index contributed by atoms with van der Waals surface area (Å²) in [5, 5.41) is 8.40. The van der Waals surface area contributed by atoms with Gasteiger partial charge in [0.15, 0.2) is 0 Å². The highest BCUT2D eigenvalue weighted by molar-refractivity contribution is 7.87. The van der Waals surface area contributed by atoms with Crippen LogP contribution in [-0.2, 0) is 10.2 Å². The van der Waals surface area contributed by atoms with Gasteiger partial charge >= 0.3 is 0 Å². The Balaban J connectivity index is 4.33. The van der Waals surface area contributed by atoms with Crippen LogP contribution in [0.4, 0.5) is 0 Å². The van der Waals surface area contributed by atoms with Crippen molar-refractivity contribution in [1.29, 1.82) is 5.26 Å². The van der Waals surface area contributed by atoms with Gasteiger partial charge in [0.2, 0.25) is 0 Å². The summed E-state index contributed by atoms with van der Waals surface area (Å²) in [5.74, 6) is 0. The van der Waals surface area contributed by atoms with Gasteiger partial charge in [-0.15, -0.1) is 0 Å². The molecule has 0 radical (unpaired) electrons. The maximum atomic E-state index is 11.3. The summed E-state index contributed by atoms with van der Waals surface area (Å²) < 4.78 is 26.1. The van der Waals surface area contributed by atoms with E-state index in [1.807, 2.05) is 13.0 Å². The van der Waals surface area contributed by atoms with E-state index in [0.29, 0.717) is 6.42 Å². The number of nitriles is 1. The summed E-state index contributed by atoms with van der Waals surface area (Å²) in [6, 6.07) is 1.64. The molecule has 0 aliphatic heterocycles. The maximum absolute atomic E-state index is 11.3. The largest absolute Gasteiger partial charge is 0.279 e. The van der Waals surface area contributed by atoms with Crippen molar-refractivity contribution in [3.05, 3.63) is 0 Å². The van der Waals surface area contributed by atoms with Crippen LogP contribution < -0.4 is 4.72 Å². The minimum Gasteiger partial charge on any atom is -0.198 e. The Morgan fingerprint density at radius 2 is 2.08 bits per heavy atom. The first-order chi connectivity index (χ1) is 5.94. The molecular weight excluding hydrogens is 190 g/mol. The van der Waals surface area contributed by atoms with Gasteiger partial charge in [0.25, 0.3) is 10.2 Å². The van der Waals surface area contributed by atoms with Gasteiger partial charge in [0, 0.05) is 20.1 Å². The fourth-order valence-electron chi connectivity index (χ4n) is 0.696. The van der Waals surface area contributed by atoms with Crippen LogP contribution in [0.5, 0.6) is 0 Å². The molecule has 1 atom stereocenters. The molecule has 0 aromatic heterocycles. The molecule has 1 N–H and O–H groups in total. The van der Waals surface area contributed by atoms with Crippen LogP contribution in [0.2, 0.25) is 0 Å². The predicted octanol–water partition coefficient (Wildman–Crippen LogP) is 0.0747. The number of rotatable bonds is 5. The Kier molecular flexibility index (Phi) is 4.91. The summed E-state index contributed by atoms with van der Waals surface area (Å²) in [5.41, 5.74) is 0. The number of nitrogens with one attached hydrogen (secondary N) is 1. The maximum Gasteiger partial charge on any atom is 0.279 e. The van der Waals surface area contributed by atoms with Crippen LogP contribution in [0.15, 0.2) is 0 Å². The van der Waals surface area contributed by atoms with Crippen LogP contribution in [0.25, 0.3) is 0 Å². The molecule has 0 spiro atoms. The second-order valence-corrected chi connectivity index (χ2v) is 4.79. The third-order valence-electron chi connectivity index (χ3n) is 1.63. The van der Waals surface area contributed by atoms with Gasteiger partial charge in [-0.05, 0) is 6.42 Å². The van der Waals surface area contributed by atoms with Crippen molar-refractivity contribution in [1.82, 2.24) is 9.03 Å². The highest BCUT2D eigenvalue weighted by Crippen LogP contribution is 2.00. The van der Waals surface area contributed by atoms with Crippen LogP contribution in [-0.4, -0.2) is 32.9 Å². The van der Waals surface area contributed by atoms with Gasteiger partial charge in [0.1, 0.15) is 0 Å². The molecule has 0 amide bonds. The van der Waals surface area contributed by atoms with Crippen molar-refractivity contribution in [2.45, 2.75) is 25.8 Å². The number of hydrogen-bond donors (Lipinski definition) is 1. The van der Waals surface area contributed by atoms with E-state index >= 15 is 0 Å². The van der Waals surface area contributed by atoms with E-state index < -0.39 is 10.2 Å². The molecular formula is C7H15N3O2S. The Labute approximate surface area is 79.5 Å². The fourth-order valence-corrected chi connectivity index (χ4v) is 1.58. The third-order valence-corrected chi connectivity index (χ3v) is 3.22. The first kappa shape index (κ1) is 12.4. The Bertz CT molecular complexity index is 279. The Morgan fingerprint density at radius 1 is 1.54 bits per heavy atom. The van der Waals surface area contributed by atoms with Crippen LogP contribution in [0.1, 0.15) is 19.8 Å². The molecule has 0 aromatic rings. The molecule has 6 heteroatoms. The molecule has 13 heavy (non-hydrogen) atoms. The topological polar surface area (TPSA) is 73.2 Å². The summed E-state index contributed by atoms with van der Waals surface area (Å²) in [6.45, 7) is 1.83. The molecule has 76 valence electrons. The van der Waals surface area contributed by atoms with E-state index in [1.54, 1.807) is 0 Å². The van der Waals surface area contributed by atoms with Gasteiger partial charge in [-0.3, -0.25) is 0 Å². The molecule has 5 nitrogen and oxygen atoms in total. The zero-order valence-electron chi connectivity index (χ0n) is 8.11. The summed E-state index contributed by atoms with van der Waals surface area (Å²) in [4.78, 5) is 0. The van der Waals surface area contributed by atoms with Crippen LogP contribution in [0.3, 0.4) is 0 Å². The molecule has 0 heterocycles. The quantitative estimate of drug-likeness (QED) is 0.690. The minimum absolute atomic E-state index is 0.198. The fraction of sp³-hybridized carbons (Fsp3) is 0.857. The zero-order valence-corrected chi connectivity index (χ0v) is 8.93. The number of nitrogens with zero attached hydrogens (tertiary/aromatic N) is 2. The normalized spacial score (nSPS) is 14.1. The van der Waals surface area contributed by atoms with Gasteiger partial charge in [0.05, 0.1) is 12.5 Å². The van der Waals surface area contributed by atoms with Crippen molar-refractivity contribution in [3.8, 4) is 6.07 Å². The Morgan fingerprint density at radius 3 is 2.38 bits per heavy atom. The molecule has 1 unspecified atom stereocenters. The standard InChI is InChI=1S/C7H15N3O2S/c1-4-7(5-6-8)9-13(11,12)10(2)3/h7,9H,4-5H2,1-3H3. The highest BCUT2D eigenvalue weighted by Gasteiger charge is 2.17. The predicted molar refractivity (Wildman–Crippen MR) is 50.1 cm³/mol. The van der Waals surface area contributed by atoms with Crippen molar-refractivity contribution in [2.75, 3.05) is 14.1 Å². The lowest BCUT2D eigenvalue weighted by Gasteiger charge is -2.17. The SMILES string of the molecule is CCC(CC#N)NS(=O)(=O)N(C)C. The molecule has 0 rings (SSSR count). The summed E-state index contributed by atoms with van der Waals surface area (Å²) >= 11 is 0. The molecule has 0 saturated heterocycles. The van der Waals surface area contributed by atoms with Crippen molar-refractivity contribution < 1.29 is 8.42 Å². The average Bonchev–Trinajstić information content (AvgIpc) is 2.03. The van der Waals surface area contributed by atoms with E-state index in [4.69, 9.17) is 5.26 Å². The highest BCUT2D eigenvalue weighted by atomic mass is 32.2. The van der Waals surface area contributed by atoms with Gasteiger partial charge < -0.3 is 0 Å². The van der Waals surface area contributed by atoms with Crippen LogP contribution in [0, 0.1) is 11.3 Å². The second-order valence-electron chi connectivity index (χ2n) is 2.87. The van der Waals surface area contributed by atoms with Crippen molar-refractivity contribution >= 4 is 10.2 Å². The van der Waals surface area contributed by atoms with E-state index in [1.165, 1.54) is 14.1 Å². The zero-order chi connectivity index (χ0) is 10.5. The Hall–Kier alpha value is -0.640. The lowest BCUT2D eigenvalue weighted by molar-refractivity contribution is 0.482. The van der Waals surface area contributed by atoms with E-state index in [9.17, 15) is 8.42 Å². The van der Waals surface area contributed by atoms with Crippen LogP contribution >= 0.6 is 0 Å². The van der Waals surface area contributed by atoms with E-state index in [-0.39, 0.29) is 12.5 Å². The molecule has 0 aromatic carbocycles. The lowest BCUT2D eigenvalue weighted by Crippen LogP contribution is -2.41. The molecule has 0 fully saturated rings. The smallest absolute Gasteiger partial charge is 0.198 e. The van der Waals surface area contributed by atoms with Crippen molar-refractivity contribution in [2.24, 2.45) is 0 Å². The van der Waals surface area contributed by atoms with E-state index in [0.717, 1.165) is 4.31 Å². The second kappa shape index (κ2) is 5.17. The average molecular weight is 205 g/mol. The first-order valence-corrected chi connectivity index (χ1v) is 5.44. The minimum atomic E-state index is -3.40. The molecule has 0 aliphatic carbocycles. The number of hydrogen-bond acceptors (Lipinski definition) is 3. The summed E-state index contributed by atoms with van der Waals surface area (Å²) in [6.07, 6.45) is 0.810. The lowest BCUT2D eigenvalue weighted by atomic mass is 10.2. The molecule has 0 bridgehead atoms. The van der Waals surface area contributed by atoms with E-state index in [2.05, 4.69) is 4.72 Å². The van der Waals surface area contributed by atoms with Gasteiger partial charge in [-0.2, -0.15) is 22.7 Å². The van der Waals surface area contributed by atoms with Gasteiger partial charge in [-0.25, -0.2) is 0 Å². The molecule has 0 saturated carbocycles. The monoisotopic (exact) mass is 205 g/mol. The van der Waals surface area contributed by atoms with Gasteiger partial charge in [-0.1, -0.05) is 6.92 Å².